The zero-order valence-electron chi connectivity index (χ0n) is 13.1. The topological polar surface area (TPSA) is 52.8 Å². The van der Waals surface area contributed by atoms with Gasteiger partial charge in [-0.05, 0) is 42.0 Å². The summed E-state index contributed by atoms with van der Waals surface area (Å²) in [4.78, 5) is 0. The number of aromatic nitrogens is 4. The summed E-state index contributed by atoms with van der Waals surface area (Å²) in [7, 11) is 0. The Balaban J connectivity index is 1.81. The molecule has 0 bridgehead atoms. The molecule has 0 amide bonds. The van der Waals surface area contributed by atoms with Crippen LogP contribution >= 0.6 is 11.8 Å². The second-order valence-electron chi connectivity index (χ2n) is 5.05. The lowest BCUT2D eigenvalue weighted by molar-refractivity contribution is 0.337. The molecule has 0 fully saturated rings. The Hall–Kier alpha value is -2.34. The van der Waals surface area contributed by atoms with Crippen molar-refractivity contribution in [3.8, 4) is 11.4 Å². The zero-order valence-corrected chi connectivity index (χ0v) is 14.0. The fourth-order valence-corrected chi connectivity index (χ4v) is 3.00. The van der Waals surface area contributed by atoms with Crippen molar-refractivity contribution in [2.24, 2.45) is 0 Å². The number of hydrogen-bond acceptors (Lipinski definition) is 5. The Morgan fingerprint density at radius 1 is 1.09 bits per heavy atom. The van der Waals surface area contributed by atoms with Crippen LogP contribution in [0, 0.1) is 6.92 Å². The summed E-state index contributed by atoms with van der Waals surface area (Å²) in [5.74, 6) is 1.59. The highest BCUT2D eigenvalue weighted by atomic mass is 32.2. The van der Waals surface area contributed by atoms with Crippen LogP contribution in [0.3, 0.4) is 0 Å². The zero-order chi connectivity index (χ0) is 16.1. The van der Waals surface area contributed by atoms with E-state index in [0.29, 0.717) is 6.61 Å². The standard InChI is InChI=1S/C17H18N4OS/c1-3-22-16-7-5-4-6-15(16)21-17(18-19-20-21)23-12-14-10-8-13(2)9-11-14/h4-11H,3,12H2,1-2H3. The van der Waals surface area contributed by atoms with Gasteiger partial charge in [-0.25, -0.2) is 0 Å². The number of thioether (sulfide) groups is 1. The van der Waals surface area contributed by atoms with Crippen LogP contribution in [0.25, 0.3) is 5.69 Å². The van der Waals surface area contributed by atoms with E-state index in [2.05, 4.69) is 46.7 Å². The Bertz CT molecular complexity index is 770. The molecule has 0 spiro atoms. The second-order valence-corrected chi connectivity index (χ2v) is 5.99. The van der Waals surface area contributed by atoms with E-state index >= 15 is 0 Å². The van der Waals surface area contributed by atoms with Crippen molar-refractivity contribution < 1.29 is 4.74 Å². The predicted molar refractivity (Wildman–Crippen MR) is 91.1 cm³/mol. The maximum atomic E-state index is 5.67. The fourth-order valence-electron chi connectivity index (χ4n) is 2.16. The number of tetrazole rings is 1. The molecule has 5 nitrogen and oxygen atoms in total. The molecule has 0 atom stereocenters. The first-order valence-corrected chi connectivity index (χ1v) is 8.45. The van der Waals surface area contributed by atoms with Crippen molar-refractivity contribution in [3.63, 3.8) is 0 Å². The SMILES string of the molecule is CCOc1ccccc1-n1nnnc1SCc1ccc(C)cc1. The number of nitrogens with zero attached hydrogens (tertiary/aromatic N) is 4. The Morgan fingerprint density at radius 2 is 1.87 bits per heavy atom. The van der Waals surface area contributed by atoms with Crippen LogP contribution < -0.4 is 4.74 Å². The molecular formula is C17H18N4OS. The van der Waals surface area contributed by atoms with Gasteiger partial charge in [0.05, 0.1) is 6.61 Å². The van der Waals surface area contributed by atoms with E-state index in [9.17, 15) is 0 Å². The van der Waals surface area contributed by atoms with E-state index in [1.165, 1.54) is 11.1 Å². The summed E-state index contributed by atoms with van der Waals surface area (Å²) in [6.07, 6.45) is 0. The van der Waals surface area contributed by atoms with Gasteiger partial charge in [-0.1, -0.05) is 53.7 Å². The van der Waals surface area contributed by atoms with Crippen LogP contribution in [0.2, 0.25) is 0 Å². The summed E-state index contributed by atoms with van der Waals surface area (Å²) in [6, 6.07) is 16.3. The molecule has 3 aromatic rings. The molecule has 1 heterocycles. The third-order valence-corrected chi connectivity index (χ3v) is 4.31. The maximum absolute atomic E-state index is 5.67. The third kappa shape index (κ3) is 3.71. The average Bonchev–Trinajstić information content (AvgIpc) is 3.03. The molecule has 0 unspecified atom stereocenters. The first-order valence-electron chi connectivity index (χ1n) is 7.47. The minimum atomic E-state index is 0.602. The molecule has 0 aliphatic rings. The molecule has 0 N–H and O–H groups in total. The van der Waals surface area contributed by atoms with Gasteiger partial charge in [-0.15, -0.1) is 5.10 Å². The van der Waals surface area contributed by atoms with Gasteiger partial charge in [0.15, 0.2) is 0 Å². The smallest absolute Gasteiger partial charge is 0.214 e. The molecule has 1 aromatic heterocycles. The minimum absolute atomic E-state index is 0.602. The molecule has 0 saturated carbocycles. The Labute approximate surface area is 139 Å². The first-order chi connectivity index (χ1) is 11.3. The van der Waals surface area contributed by atoms with Crippen molar-refractivity contribution in [1.82, 2.24) is 20.2 Å². The lowest BCUT2D eigenvalue weighted by atomic mass is 10.2. The van der Waals surface area contributed by atoms with E-state index in [1.54, 1.807) is 16.4 Å². The van der Waals surface area contributed by atoms with Crippen molar-refractivity contribution in [1.29, 1.82) is 0 Å². The lowest BCUT2D eigenvalue weighted by Crippen LogP contribution is -2.03. The van der Waals surface area contributed by atoms with Gasteiger partial charge < -0.3 is 4.74 Å². The molecule has 0 saturated heterocycles. The number of benzene rings is 2. The second kappa shape index (κ2) is 7.28. The van der Waals surface area contributed by atoms with Gasteiger partial charge in [0.25, 0.3) is 0 Å². The van der Waals surface area contributed by atoms with E-state index in [4.69, 9.17) is 4.74 Å². The van der Waals surface area contributed by atoms with Crippen molar-refractivity contribution in [2.75, 3.05) is 6.61 Å². The molecule has 0 aliphatic carbocycles. The summed E-state index contributed by atoms with van der Waals surface area (Å²) >= 11 is 1.61. The molecule has 23 heavy (non-hydrogen) atoms. The van der Waals surface area contributed by atoms with Crippen LogP contribution in [-0.4, -0.2) is 26.8 Å². The van der Waals surface area contributed by atoms with Gasteiger partial charge in [0.1, 0.15) is 11.4 Å². The average molecular weight is 326 g/mol. The van der Waals surface area contributed by atoms with E-state index in [1.807, 2.05) is 31.2 Å². The maximum Gasteiger partial charge on any atom is 0.214 e. The number of ether oxygens (including phenoxy) is 1. The largest absolute Gasteiger partial charge is 0.492 e. The number of aryl methyl sites for hydroxylation is 1. The van der Waals surface area contributed by atoms with Gasteiger partial charge in [0, 0.05) is 5.75 Å². The van der Waals surface area contributed by atoms with Crippen LogP contribution in [0.15, 0.2) is 53.7 Å². The van der Waals surface area contributed by atoms with Crippen LogP contribution in [-0.2, 0) is 5.75 Å². The van der Waals surface area contributed by atoms with Crippen molar-refractivity contribution >= 4 is 11.8 Å². The van der Waals surface area contributed by atoms with Crippen molar-refractivity contribution in [3.05, 3.63) is 59.7 Å². The predicted octanol–water partition coefficient (Wildman–Crippen LogP) is 3.66. The quantitative estimate of drug-likeness (QED) is 0.647. The number of hydrogen-bond donors (Lipinski definition) is 0. The normalized spacial score (nSPS) is 10.7. The Morgan fingerprint density at radius 3 is 2.65 bits per heavy atom. The lowest BCUT2D eigenvalue weighted by Gasteiger charge is -2.10. The highest BCUT2D eigenvalue weighted by Gasteiger charge is 2.13. The Kier molecular flexibility index (Phi) is 4.92. The van der Waals surface area contributed by atoms with E-state index in [0.717, 1.165) is 22.3 Å². The molecule has 0 radical (unpaired) electrons. The molecule has 2 aromatic carbocycles. The molecule has 0 aliphatic heterocycles. The summed E-state index contributed by atoms with van der Waals surface area (Å²) in [6.45, 7) is 4.65. The number of para-hydroxylation sites is 2. The summed E-state index contributed by atoms with van der Waals surface area (Å²) in [5, 5.41) is 12.8. The number of rotatable bonds is 6. The minimum Gasteiger partial charge on any atom is -0.492 e. The summed E-state index contributed by atoms with van der Waals surface area (Å²) < 4.78 is 7.39. The highest BCUT2D eigenvalue weighted by Crippen LogP contribution is 2.27. The van der Waals surface area contributed by atoms with Crippen LogP contribution in [0.5, 0.6) is 5.75 Å². The first kappa shape index (κ1) is 15.6. The van der Waals surface area contributed by atoms with Gasteiger partial charge >= 0.3 is 0 Å². The van der Waals surface area contributed by atoms with Crippen LogP contribution in [0.1, 0.15) is 18.1 Å². The van der Waals surface area contributed by atoms with Gasteiger partial charge in [0.2, 0.25) is 5.16 Å². The van der Waals surface area contributed by atoms with Gasteiger partial charge in [-0.3, -0.25) is 0 Å². The molecule has 118 valence electrons. The highest BCUT2D eigenvalue weighted by molar-refractivity contribution is 7.98. The monoisotopic (exact) mass is 326 g/mol. The van der Waals surface area contributed by atoms with E-state index < -0.39 is 0 Å². The summed E-state index contributed by atoms with van der Waals surface area (Å²) in [5.41, 5.74) is 3.35. The van der Waals surface area contributed by atoms with Crippen LogP contribution in [0.4, 0.5) is 0 Å². The molecule has 6 heteroatoms. The third-order valence-electron chi connectivity index (χ3n) is 3.32. The fraction of sp³-hybridized carbons (Fsp3) is 0.235. The van der Waals surface area contributed by atoms with Gasteiger partial charge in [-0.2, -0.15) is 4.68 Å². The van der Waals surface area contributed by atoms with E-state index in [-0.39, 0.29) is 0 Å². The van der Waals surface area contributed by atoms with Crippen molar-refractivity contribution in [2.45, 2.75) is 24.8 Å². The molecular weight excluding hydrogens is 308 g/mol. The molecule has 3 rings (SSSR count).